The van der Waals surface area contributed by atoms with Crippen molar-refractivity contribution in [2.24, 2.45) is 5.92 Å². The molecule has 1 rings (SSSR count). The first-order valence-corrected chi connectivity index (χ1v) is 4.11. The molecule has 0 amide bonds. The Balaban J connectivity index is 0.000001000. The van der Waals surface area contributed by atoms with E-state index in [4.69, 9.17) is 0 Å². The van der Waals surface area contributed by atoms with Crippen LogP contribution in [0.4, 0.5) is 0 Å². The molecule has 1 aliphatic rings. The van der Waals surface area contributed by atoms with Gasteiger partial charge < -0.3 is 0 Å². The molecule has 0 fully saturated rings. The third-order valence-electron chi connectivity index (χ3n) is 3.12. The van der Waals surface area contributed by atoms with Crippen LogP contribution in [-0.4, -0.2) is 42.2 Å². The van der Waals surface area contributed by atoms with Crippen molar-refractivity contribution in [3.63, 3.8) is 0 Å². The summed E-state index contributed by atoms with van der Waals surface area (Å²) in [5, 5.41) is 0. The summed E-state index contributed by atoms with van der Waals surface area (Å²) in [4.78, 5) is 0. The zero-order valence-electron chi connectivity index (χ0n) is 7.52. The van der Waals surface area contributed by atoms with E-state index in [1.165, 1.54) is 12.8 Å². The van der Waals surface area contributed by atoms with E-state index in [1.54, 1.807) is 0 Å². The molecule has 1 nitrogen and oxygen atoms in total. The zero-order chi connectivity index (χ0) is 7.78. The van der Waals surface area contributed by atoms with E-state index in [2.05, 4.69) is 38.6 Å². The maximum atomic E-state index is 2.35. The molecule has 0 saturated carbocycles. The van der Waals surface area contributed by atoms with Crippen LogP contribution in [0.5, 0.6) is 0 Å². The molecule has 1 atom stereocenters. The van der Waals surface area contributed by atoms with E-state index in [1.807, 2.05) is 0 Å². The molecule has 1 heterocycles. The van der Waals surface area contributed by atoms with Gasteiger partial charge in [-0.15, -0.1) is 0 Å². The van der Waals surface area contributed by atoms with Crippen LogP contribution >= 0.6 is 0 Å². The van der Waals surface area contributed by atoms with E-state index in [0.29, 0.717) is 5.54 Å². The van der Waals surface area contributed by atoms with Crippen LogP contribution in [0.1, 0.15) is 33.6 Å². The van der Waals surface area contributed by atoms with Crippen LogP contribution in [0.25, 0.3) is 0 Å². The Hall–Kier alpha value is 0.267. The van der Waals surface area contributed by atoms with E-state index in [-0.39, 0.29) is 18.9 Å². The quantitative estimate of drug-likeness (QED) is 0.359. The monoisotopic (exact) mass is 148 g/mol. The second kappa shape index (κ2) is 3.78. The van der Waals surface area contributed by atoms with E-state index >= 15 is 0 Å². The van der Waals surface area contributed by atoms with Gasteiger partial charge in [-0.1, -0.05) is 6.92 Å². The predicted molar refractivity (Wildman–Crippen MR) is 51.9 cm³/mol. The van der Waals surface area contributed by atoms with Gasteiger partial charge in [0.25, 0.3) is 0 Å². The SMILES string of the molecule is CC1CCC=[N+](C)C1(C)C.[LiH]. The van der Waals surface area contributed by atoms with Crippen molar-refractivity contribution in [2.45, 2.75) is 39.2 Å². The van der Waals surface area contributed by atoms with Crippen molar-refractivity contribution in [3.8, 4) is 0 Å². The Bertz CT molecular complexity index is 161. The molecule has 0 aliphatic carbocycles. The normalized spacial score (nSPS) is 28.7. The number of hydrogen-bond donors (Lipinski definition) is 0. The summed E-state index contributed by atoms with van der Waals surface area (Å²) >= 11 is 0. The number of nitrogens with zero attached hydrogens (tertiary/aromatic N) is 1. The summed E-state index contributed by atoms with van der Waals surface area (Å²) in [5.41, 5.74) is 0.373. The van der Waals surface area contributed by atoms with E-state index in [0.717, 1.165) is 5.92 Å². The third kappa shape index (κ3) is 2.10. The first-order valence-electron chi connectivity index (χ1n) is 4.11. The van der Waals surface area contributed by atoms with E-state index < -0.39 is 0 Å². The molecule has 0 aromatic heterocycles. The predicted octanol–water partition coefficient (Wildman–Crippen LogP) is 1.26. The fourth-order valence-corrected chi connectivity index (χ4v) is 1.45. The van der Waals surface area contributed by atoms with Gasteiger partial charge in [-0.05, 0) is 6.42 Å². The Morgan fingerprint density at radius 3 is 2.36 bits per heavy atom. The van der Waals surface area contributed by atoms with Crippen molar-refractivity contribution in [1.29, 1.82) is 0 Å². The molecule has 0 aromatic carbocycles. The van der Waals surface area contributed by atoms with Gasteiger partial charge in [-0.3, -0.25) is 0 Å². The van der Waals surface area contributed by atoms with Crippen molar-refractivity contribution in [2.75, 3.05) is 7.05 Å². The molecule has 0 spiro atoms. The van der Waals surface area contributed by atoms with Gasteiger partial charge in [0.1, 0.15) is 13.3 Å². The molecule has 0 N–H and O–H groups in total. The Morgan fingerprint density at radius 1 is 1.45 bits per heavy atom. The fraction of sp³-hybridized carbons (Fsp3) is 0.889. The summed E-state index contributed by atoms with van der Waals surface area (Å²) in [6.45, 7) is 6.96. The minimum absolute atomic E-state index is 0. The maximum absolute atomic E-state index is 2.35. The molecule has 0 aromatic rings. The van der Waals surface area contributed by atoms with Crippen LogP contribution < -0.4 is 0 Å². The van der Waals surface area contributed by atoms with Crippen LogP contribution in [0.15, 0.2) is 0 Å². The van der Waals surface area contributed by atoms with Crippen molar-refractivity contribution in [3.05, 3.63) is 0 Å². The molecular weight excluding hydrogens is 129 g/mol. The van der Waals surface area contributed by atoms with Crippen molar-refractivity contribution in [1.82, 2.24) is 0 Å². The fourth-order valence-electron chi connectivity index (χ4n) is 1.45. The molecule has 0 bridgehead atoms. The summed E-state index contributed by atoms with van der Waals surface area (Å²) < 4.78 is 2.35. The van der Waals surface area contributed by atoms with Crippen LogP contribution in [-0.2, 0) is 0 Å². The molecule has 1 aliphatic heterocycles. The average Bonchev–Trinajstić information content (AvgIpc) is 1.84. The summed E-state index contributed by atoms with van der Waals surface area (Å²) in [6.07, 6.45) is 4.90. The van der Waals surface area contributed by atoms with Crippen LogP contribution in [0.2, 0.25) is 0 Å². The number of rotatable bonds is 0. The van der Waals surface area contributed by atoms with Gasteiger partial charge in [0.15, 0.2) is 5.54 Å². The summed E-state index contributed by atoms with van der Waals surface area (Å²) in [7, 11) is 2.18. The molecule has 1 unspecified atom stereocenters. The molecule has 0 radical (unpaired) electrons. The van der Waals surface area contributed by atoms with Crippen molar-refractivity contribution >= 4 is 25.1 Å². The van der Waals surface area contributed by atoms with Gasteiger partial charge in [0, 0.05) is 26.2 Å². The molecular formula is C9H19LiN+. The summed E-state index contributed by atoms with van der Waals surface area (Å²) in [5.74, 6) is 0.822. The first-order chi connectivity index (χ1) is 4.55. The topological polar surface area (TPSA) is 3.01 Å². The molecule has 0 saturated heterocycles. The van der Waals surface area contributed by atoms with Crippen molar-refractivity contribution < 1.29 is 4.58 Å². The standard InChI is InChI=1S/C9H18N.Li.H/c1-8-6-5-7-10(4)9(8,2)3;;/h7-8H,5-6H2,1-4H3;;/q+1;;. The second-order valence-corrected chi connectivity index (χ2v) is 3.93. The van der Waals surface area contributed by atoms with Gasteiger partial charge >= 0.3 is 18.9 Å². The molecule has 60 valence electrons. The Kier molecular flexibility index (Phi) is 3.88. The van der Waals surface area contributed by atoms with E-state index in [9.17, 15) is 0 Å². The van der Waals surface area contributed by atoms with Crippen LogP contribution in [0.3, 0.4) is 0 Å². The zero-order valence-corrected chi connectivity index (χ0v) is 7.52. The number of hydrogen-bond acceptors (Lipinski definition) is 0. The van der Waals surface area contributed by atoms with Gasteiger partial charge in [-0.25, -0.2) is 4.58 Å². The van der Waals surface area contributed by atoms with Gasteiger partial charge in [0.05, 0.1) is 0 Å². The Morgan fingerprint density at radius 2 is 2.00 bits per heavy atom. The third-order valence-corrected chi connectivity index (χ3v) is 3.12. The summed E-state index contributed by atoms with van der Waals surface area (Å²) in [6, 6.07) is 0. The molecule has 11 heavy (non-hydrogen) atoms. The van der Waals surface area contributed by atoms with Gasteiger partial charge in [0.2, 0.25) is 0 Å². The Labute approximate surface area is 82.1 Å². The molecule has 2 heteroatoms. The minimum atomic E-state index is 0. The second-order valence-electron chi connectivity index (χ2n) is 3.93. The van der Waals surface area contributed by atoms with Gasteiger partial charge in [-0.2, -0.15) is 0 Å². The average molecular weight is 148 g/mol. The van der Waals surface area contributed by atoms with Crippen LogP contribution in [0, 0.1) is 5.92 Å². The first kappa shape index (κ1) is 11.3.